The van der Waals surface area contributed by atoms with Gasteiger partial charge in [-0.05, 0) is 12.8 Å². The van der Waals surface area contributed by atoms with E-state index in [1.807, 2.05) is 0 Å². The zero-order chi connectivity index (χ0) is 11.5. The van der Waals surface area contributed by atoms with Gasteiger partial charge in [-0.15, -0.1) is 0 Å². The number of carbonyl (C=O) groups excluding carboxylic acids is 2. The largest absolute Gasteiger partial charge is 0.303 e. The predicted octanol–water partition coefficient (Wildman–Crippen LogP) is 0.678. The molecule has 5 nitrogen and oxygen atoms in total. The highest BCUT2D eigenvalue weighted by Crippen LogP contribution is 2.23. The summed E-state index contributed by atoms with van der Waals surface area (Å²) in [5.74, 6) is 0.761. The summed E-state index contributed by atoms with van der Waals surface area (Å²) in [4.78, 5) is 24.0. The summed E-state index contributed by atoms with van der Waals surface area (Å²) in [6, 6.07) is 0. The van der Waals surface area contributed by atoms with Gasteiger partial charge in [0.2, 0.25) is 5.91 Å². The van der Waals surface area contributed by atoms with E-state index < -0.39 is 0 Å². The fourth-order valence-electron chi connectivity index (χ4n) is 2.02. The molecular formula is C11H15N3O2. The Bertz CT molecular complexity index is 411. The zero-order valence-electron chi connectivity index (χ0n) is 9.35. The van der Waals surface area contributed by atoms with Gasteiger partial charge in [-0.1, -0.05) is 0 Å². The van der Waals surface area contributed by atoms with Gasteiger partial charge in [-0.25, -0.2) is 0 Å². The Balaban J connectivity index is 2.30. The van der Waals surface area contributed by atoms with E-state index in [2.05, 4.69) is 5.10 Å². The molecule has 1 fully saturated rings. The van der Waals surface area contributed by atoms with Crippen LogP contribution < -0.4 is 4.90 Å². The number of aromatic nitrogens is 2. The van der Waals surface area contributed by atoms with Gasteiger partial charge in [-0.2, -0.15) is 5.10 Å². The van der Waals surface area contributed by atoms with Crippen LogP contribution in [0.25, 0.3) is 0 Å². The van der Waals surface area contributed by atoms with Crippen molar-refractivity contribution in [3.05, 3.63) is 11.8 Å². The second-order valence-electron chi connectivity index (χ2n) is 4.02. The van der Waals surface area contributed by atoms with Crippen LogP contribution in [0, 0.1) is 0 Å². The van der Waals surface area contributed by atoms with Crippen molar-refractivity contribution in [1.82, 2.24) is 9.78 Å². The average molecular weight is 221 g/mol. The van der Waals surface area contributed by atoms with Crippen molar-refractivity contribution in [3.8, 4) is 0 Å². The summed E-state index contributed by atoms with van der Waals surface area (Å²) < 4.78 is 1.65. The summed E-state index contributed by atoms with van der Waals surface area (Å²) in [7, 11) is 1.80. The Hall–Kier alpha value is -1.65. The fraction of sp³-hybridized carbons (Fsp3) is 0.545. The van der Waals surface area contributed by atoms with E-state index >= 15 is 0 Å². The first-order valence-electron chi connectivity index (χ1n) is 5.49. The lowest BCUT2D eigenvalue weighted by molar-refractivity contribution is -0.119. The van der Waals surface area contributed by atoms with Crippen molar-refractivity contribution in [2.45, 2.75) is 25.7 Å². The molecule has 0 aromatic carbocycles. The Morgan fingerprint density at radius 3 is 3.00 bits per heavy atom. The van der Waals surface area contributed by atoms with Gasteiger partial charge in [0.1, 0.15) is 6.29 Å². The van der Waals surface area contributed by atoms with Crippen LogP contribution in [0.1, 0.15) is 24.8 Å². The molecule has 0 N–H and O–H groups in total. The van der Waals surface area contributed by atoms with Crippen molar-refractivity contribution >= 4 is 18.0 Å². The molecule has 0 atom stereocenters. The number of nitrogens with zero attached hydrogens (tertiary/aromatic N) is 3. The van der Waals surface area contributed by atoms with Crippen molar-refractivity contribution in [2.24, 2.45) is 7.05 Å². The number of hydrogen-bond donors (Lipinski definition) is 0. The molecular weight excluding hydrogens is 206 g/mol. The molecule has 0 unspecified atom stereocenters. The van der Waals surface area contributed by atoms with Crippen molar-refractivity contribution in [3.63, 3.8) is 0 Å². The van der Waals surface area contributed by atoms with E-state index in [9.17, 15) is 9.59 Å². The summed E-state index contributed by atoms with van der Waals surface area (Å²) in [5.41, 5.74) is 0.827. The lowest BCUT2D eigenvalue weighted by atomic mass is 10.1. The third kappa shape index (κ3) is 1.98. The van der Waals surface area contributed by atoms with Gasteiger partial charge < -0.3 is 4.79 Å². The van der Waals surface area contributed by atoms with E-state index in [1.54, 1.807) is 22.8 Å². The molecule has 1 saturated heterocycles. The van der Waals surface area contributed by atoms with Crippen molar-refractivity contribution < 1.29 is 9.59 Å². The van der Waals surface area contributed by atoms with Crippen molar-refractivity contribution in [1.29, 1.82) is 0 Å². The lowest BCUT2D eigenvalue weighted by Crippen LogP contribution is -2.36. The monoisotopic (exact) mass is 221 g/mol. The standard InChI is InChI=1S/C11H15N3O2/c1-13-8-9(5-7-15)11(12-13)14-6-3-2-4-10(14)16/h7-8H,2-6H2,1H3. The normalized spacial score (nSPS) is 16.6. The van der Waals surface area contributed by atoms with Crippen LogP contribution >= 0.6 is 0 Å². The molecule has 0 aliphatic carbocycles. The van der Waals surface area contributed by atoms with Crippen molar-refractivity contribution in [2.75, 3.05) is 11.4 Å². The SMILES string of the molecule is Cn1cc(CC=O)c(N2CCCCC2=O)n1. The molecule has 1 aliphatic heterocycles. The Morgan fingerprint density at radius 2 is 2.31 bits per heavy atom. The number of amides is 1. The maximum absolute atomic E-state index is 11.7. The number of rotatable bonds is 3. The van der Waals surface area contributed by atoms with Crippen LogP contribution in [0.15, 0.2) is 6.20 Å². The first kappa shape index (κ1) is 10.9. The highest BCUT2D eigenvalue weighted by Gasteiger charge is 2.24. The van der Waals surface area contributed by atoms with Crippen LogP contribution in [0.4, 0.5) is 5.82 Å². The molecule has 1 aromatic rings. The van der Waals surface area contributed by atoms with Gasteiger partial charge in [0.15, 0.2) is 5.82 Å². The molecule has 1 aliphatic rings. The van der Waals surface area contributed by atoms with Crippen LogP contribution in [-0.2, 0) is 23.1 Å². The second-order valence-corrected chi connectivity index (χ2v) is 4.02. The lowest BCUT2D eigenvalue weighted by Gasteiger charge is -2.25. The van der Waals surface area contributed by atoms with Gasteiger partial charge in [0.25, 0.3) is 0 Å². The van der Waals surface area contributed by atoms with Gasteiger partial charge in [0, 0.05) is 38.2 Å². The summed E-state index contributed by atoms with van der Waals surface area (Å²) in [5, 5.41) is 4.27. The topological polar surface area (TPSA) is 55.2 Å². The maximum atomic E-state index is 11.7. The maximum Gasteiger partial charge on any atom is 0.228 e. The molecule has 0 saturated carbocycles. The Labute approximate surface area is 94.0 Å². The number of carbonyl (C=O) groups is 2. The van der Waals surface area contributed by atoms with E-state index in [0.29, 0.717) is 25.2 Å². The quantitative estimate of drug-likeness (QED) is 0.705. The molecule has 1 amide bonds. The first-order valence-corrected chi connectivity index (χ1v) is 5.49. The molecule has 86 valence electrons. The van der Waals surface area contributed by atoms with Crippen LogP contribution in [0.3, 0.4) is 0 Å². The van der Waals surface area contributed by atoms with E-state index in [0.717, 1.165) is 24.7 Å². The molecule has 5 heteroatoms. The predicted molar refractivity (Wildman–Crippen MR) is 59.2 cm³/mol. The second kappa shape index (κ2) is 4.47. The highest BCUT2D eigenvalue weighted by molar-refractivity contribution is 5.94. The Morgan fingerprint density at radius 1 is 1.50 bits per heavy atom. The molecule has 2 rings (SSSR count). The van der Waals surface area contributed by atoms with E-state index in [4.69, 9.17) is 0 Å². The van der Waals surface area contributed by atoms with Gasteiger partial charge in [0.05, 0.1) is 0 Å². The van der Waals surface area contributed by atoms with Crippen LogP contribution in [0.2, 0.25) is 0 Å². The summed E-state index contributed by atoms with van der Waals surface area (Å²) >= 11 is 0. The number of aryl methyl sites for hydroxylation is 1. The minimum absolute atomic E-state index is 0.108. The van der Waals surface area contributed by atoms with Gasteiger partial charge >= 0.3 is 0 Å². The average Bonchev–Trinajstić information content (AvgIpc) is 2.61. The number of hydrogen-bond acceptors (Lipinski definition) is 3. The highest BCUT2D eigenvalue weighted by atomic mass is 16.2. The van der Waals surface area contributed by atoms with E-state index in [1.165, 1.54) is 0 Å². The minimum atomic E-state index is 0.108. The summed E-state index contributed by atoms with van der Waals surface area (Å²) in [6.45, 7) is 0.710. The molecule has 0 radical (unpaired) electrons. The Kier molecular flexibility index (Phi) is 3.03. The first-order chi connectivity index (χ1) is 7.72. The summed E-state index contributed by atoms with van der Waals surface area (Å²) in [6.07, 6.45) is 5.48. The van der Waals surface area contributed by atoms with Gasteiger partial charge in [-0.3, -0.25) is 14.4 Å². The molecule has 16 heavy (non-hydrogen) atoms. The number of piperidine rings is 1. The third-order valence-corrected chi connectivity index (χ3v) is 2.76. The molecule has 2 heterocycles. The number of aldehydes is 1. The third-order valence-electron chi connectivity index (χ3n) is 2.76. The molecule has 0 bridgehead atoms. The van der Waals surface area contributed by atoms with Crippen LogP contribution in [-0.4, -0.2) is 28.5 Å². The zero-order valence-corrected chi connectivity index (χ0v) is 9.35. The smallest absolute Gasteiger partial charge is 0.228 e. The molecule has 0 spiro atoms. The van der Waals surface area contributed by atoms with Crippen LogP contribution in [0.5, 0.6) is 0 Å². The number of anilines is 1. The minimum Gasteiger partial charge on any atom is -0.303 e. The van der Waals surface area contributed by atoms with E-state index in [-0.39, 0.29) is 5.91 Å². The fourth-order valence-corrected chi connectivity index (χ4v) is 2.02. The molecule has 1 aromatic heterocycles.